The lowest BCUT2D eigenvalue weighted by Crippen LogP contribution is -2.43. The van der Waals surface area contributed by atoms with Gasteiger partial charge in [0.1, 0.15) is 0 Å². The summed E-state index contributed by atoms with van der Waals surface area (Å²) in [6.45, 7) is 10.6. The summed E-state index contributed by atoms with van der Waals surface area (Å²) in [4.78, 5) is 3.76. The molecule has 0 radical (unpaired) electrons. The first-order valence-electron chi connectivity index (χ1n) is 11.4. The minimum atomic E-state index is 0.538. The molecule has 152 valence electrons. The Balaban J connectivity index is 1.53. The molecule has 4 nitrogen and oxygen atoms in total. The molecule has 3 fully saturated rings. The van der Waals surface area contributed by atoms with E-state index in [0.717, 1.165) is 25.3 Å². The Kier molecular flexibility index (Phi) is 4.67. The van der Waals surface area contributed by atoms with E-state index in [9.17, 15) is 0 Å². The van der Waals surface area contributed by atoms with Gasteiger partial charge in [0, 0.05) is 46.8 Å². The zero-order chi connectivity index (χ0) is 19.4. The quantitative estimate of drug-likeness (QED) is 0.544. The van der Waals surface area contributed by atoms with Crippen LogP contribution in [0.15, 0.2) is 29.1 Å². The average Bonchev–Trinajstić information content (AvgIpc) is 3.49. The van der Waals surface area contributed by atoms with Gasteiger partial charge in [0.15, 0.2) is 0 Å². The molecule has 8 bridgehead atoms. The van der Waals surface area contributed by atoms with Gasteiger partial charge in [0.25, 0.3) is 0 Å². The van der Waals surface area contributed by atoms with Gasteiger partial charge >= 0.3 is 0 Å². The smallest absolute Gasteiger partial charge is 0.0429 e. The van der Waals surface area contributed by atoms with E-state index in [2.05, 4.69) is 60.8 Å². The molecule has 0 aliphatic carbocycles. The van der Waals surface area contributed by atoms with Gasteiger partial charge in [-0.2, -0.15) is 0 Å². The Morgan fingerprint density at radius 3 is 2.64 bits per heavy atom. The van der Waals surface area contributed by atoms with Crippen LogP contribution in [0.2, 0.25) is 0 Å². The van der Waals surface area contributed by atoms with Crippen molar-refractivity contribution in [3.05, 3.63) is 40.5 Å². The number of nitrogens with one attached hydrogen (secondary N) is 4. The second kappa shape index (κ2) is 7.07. The number of fused-ring (bicyclic) bond motifs is 8. The van der Waals surface area contributed by atoms with Crippen molar-refractivity contribution in [2.75, 3.05) is 6.54 Å². The summed E-state index contributed by atoms with van der Waals surface area (Å²) >= 11 is 0. The molecular formula is C24H36N4. The third-order valence-corrected chi connectivity index (χ3v) is 8.34. The predicted octanol–water partition coefficient (Wildman–Crippen LogP) is 4.26. The molecule has 1 aromatic rings. The van der Waals surface area contributed by atoms with E-state index >= 15 is 0 Å². The number of hydrogen-bond donors (Lipinski definition) is 4. The van der Waals surface area contributed by atoms with Gasteiger partial charge in [0.2, 0.25) is 0 Å². The van der Waals surface area contributed by atoms with Gasteiger partial charge in [-0.15, -0.1) is 0 Å². The maximum atomic E-state index is 4.00. The summed E-state index contributed by atoms with van der Waals surface area (Å²) in [5, 5.41) is 11.7. The van der Waals surface area contributed by atoms with Crippen LogP contribution in [0.25, 0.3) is 5.57 Å². The molecule has 0 spiro atoms. The zero-order valence-corrected chi connectivity index (χ0v) is 17.9. The van der Waals surface area contributed by atoms with E-state index in [1.54, 1.807) is 0 Å². The molecule has 4 aliphatic heterocycles. The molecular weight excluding hydrogens is 344 g/mol. The predicted molar refractivity (Wildman–Crippen MR) is 116 cm³/mol. The normalized spacial score (nSPS) is 38.3. The Labute approximate surface area is 169 Å². The lowest BCUT2D eigenvalue weighted by Gasteiger charge is -2.28. The molecule has 0 saturated carbocycles. The molecule has 4 aliphatic rings. The van der Waals surface area contributed by atoms with Crippen LogP contribution in [0.3, 0.4) is 0 Å². The Hall–Kier alpha value is -1.52. The zero-order valence-electron chi connectivity index (χ0n) is 17.9. The maximum absolute atomic E-state index is 4.00. The van der Waals surface area contributed by atoms with Crippen molar-refractivity contribution in [2.24, 2.45) is 11.8 Å². The van der Waals surface area contributed by atoms with E-state index in [4.69, 9.17) is 0 Å². The minimum absolute atomic E-state index is 0.538. The summed E-state index contributed by atoms with van der Waals surface area (Å²) in [5.41, 5.74) is 8.43. The van der Waals surface area contributed by atoms with Gasteiger partial charge in [-0.3, -0.25) is 0 Å². The van der Waals surface area contributed by atoms with Crippen molar-refractivity contribution in [3.8, 4) is 0 Å². The van der Waals surface area contributed by atoms with Crippen LogP contribution in [0.5, 0.6) is 0 Å². The summed E-state index contributed by atoms with van der Waals surface area (Å²) < 4.78 is 0. The monoisotopic (exact) mass is 380 g/mol. The van der Waals surface area contributed by atoms with E-state index in [1.165, 1.54) is 53.2 Å². The van der Waals surface area contributed by atoms with E-state index < -0.39 is 0 Å². The van der Waals surface area contributed by atoms with Crippen LogP contribution in [0, 0.1) is 11.8 Å². The van der Waals surface area contributed by atoms with Crippen LogP contribution < -0.4 is 16.0 Å². The first-order chi connectivity index (χ1) is 13.5. The van der Waals surface area contributed by atoms with Gasteiger partial charge in [0.05, 0.1) is 0 Å². The molecule has 0 aromatic carbocycles. The first kappa shape index (κ1) is 18.5. The van der Waals surface area contributed by atoms with Crippen molar-refractivity contribution in [1.29, 1.82) is 0 Å². The highest BCUT2D eigenvalue weighted by Gasteiger charge is 2.38. The van der Waals surface area contributed by atoms with Gasteiger partial charge in [-0.25, -0.2) is 0 Å². The highest BCUT2D eigenvalue weighted by atomic mass is 15.0. The Morgan fingerprint density at radius 1 is 0.964 bits per heavy atom. The summed E-state index contributed by atoms with van der Waals surface area (Å²) in [6, 6.07) is 6.41. The van der Waals surface area contributed by atoms with Gasteiger partial charge < -0.3 is 20.9 Å². The molecule has 4 heteroatoms. The fraction of sp³-hybridized carbons (Fsp3) is 0.667. The lowest BCUT2D eigenvalue weighted by atomic mass is 9.84. The number of aromatic amines is 1. The fourth-order valence-corrected chi connectivity index (χ4v) is 6.04. The highest BCUT2D eigenvalue weighted by molar-refractivity contribution is 5.65. The maximum Gasteiger partial charge on any atom is 0.0429 e. The molecule has 3 saturated heterocycles. The standard InChI is InChI=1S/C24H36N4/c1-13-17-11-24(25-12-17)16(4)23-10-9-22(28-23)15(3)21-8-7-20(27-21)14(2)19-6-5-18(13)26-19/h5-6,13,16-17,22-28H,7-12H2,1-4H3. The van der Waals surface area contributed by atoms with Crippen LogP contribution in [-0.2, 0) is 0 Å². The molecule has 6 unspecified atom stereocenters. The second-order valence-electron chi connectivity index (χ2n) is 9.78. The molecule has 28 heavy (non-hydrogen) atoms. The van der Waals surface area contributed by atoms with E-state index in [-0.39, 0.29) is 0 Å². The molecule has 0 amide bonds. The molecule has 5 rings (SSSR count). The van der Waals surface area contributed by atoms with Crippen molar-refractivity contribution in [3.63, 3.8) is 0 Å². The number of H-pyrrole nitrogens is 1. The summed E-state index contributed by atoms with van der Waals surface area (Å²) in [6.07, 6.45) is 6.14. The molecule has 4 N–H and O–H groups in total. The third-order valence-electron chi connectivity index (χ3n) is 8.34. The topological polar surface area (TPSA) is 51.9 Å². The number of aromatic nitrogens is 1. The Morgan fingerprint density at radius 2 is 1.79 bits per heavy atom. The number of hydrogen-bond acceptors (Lipinski definition) is 3. The van der Waals surface area contributed by atoms with Crippen LogP contribution in [0.4, 0.5) is 0 Å². The van der Waals surface area contributed by atoms with Crippen LogP contribution in [-0.4, -0.2) is 29.7 Å². The second-order valence-corrected chi connectivity index (χ2v) is 9.78. The molecule has 5 heterocycles. The average molecular weight is 381 g/mol. The molecule has 1 aromatic heterocycles. The van der Waals surface area contributed by atoms with Crippen LogP contribution >= 0.6 is 0 Å². The minimum Gasteiger partial charge on any atom is -0.362 e. The summed E-state index contributed by atoms with van der Waals surface area (Å²) in [5.74, 6) is 1.97. The highest BCUT2D eigenvalue weighted by Crippen LogP contribution is 2.37. The SMILES string of the molecule is CC1=C2CCC(=C(C)C3CCC(N3)C(C)C3CC(CN3)C(C)c3ccc1[nH]3)N2. The van der Waals surface area contributed by atoms with Crippen molar-refractivity contribution >= 4 is 5.57 Å². The number of rotatable bonds is 0. The van der Waals surface area contributed by atoms with Gasteiger partial charge in [-0.05, 0) is 87.6 Å². The molecule has 6 atom stereocenters. The third kappa shape index (κ3) is 3.05. The van der Waals surface area contributed by atoms with Crippen molar-refractivity contribution < 1.29 is 0 Å². The number of allylic oxidation sites excluding steroid dienone is 3. The summed E-state index contributed by atoms with van der Waals surface area (Å²) in [7, 11) is 0. The fourth-order valence-electron chi connectivity index (χ4n) is 6.04. The van der Waals surface area contributed by atoms with Crippen LogP contribution in [0.1, 0.15) is 77.1 Å². The van der Waals surface area contributed by atoms with Crippen molar-refractivity contribution in [1.82, 2.24) is 20.9 Å². The Bertz CT molecular complexity index is 816. The largest absolute Gasteiger partial charge is 0.362 e. The van der Waals surface area contributed by atoms with E-state index in [0.29, 0.717) is 30.0 Å². The van der Waals surface area contributed by atoms with Crippen molar-refractivity contribution in [2.45, 2.75) is 83.8 Å². The lowest BCUT2D eigenvalue weighted by molar-refractivity contribution is 0.317. The first-order valence-corrected chi connectivity index (χ1v) is 11.4. The van der Waals surface area contributed by atoms with Gasteiger partial charge in [-0.1, -0.05) is 13.8 Å². The van der Waals surface area contributed by atoms with E-state index in [1.807, 2.05) is 0 Å².